The van der Waals surface area contributed by atoms with Crippen molar-refractivity contribution in [3.05, 3.63) is 53.6 Å². The molecule has 2 aromatic rings. The summed E-state index contributed by atoms with van der Waals surface area (Å²) in [6, 6.07) is 14.0. The van der Waals surface area contributed by atoms with E-state index in [4.69, 9.17) is 9.47 Å². The number of guanidine groups is 1. The zero-order chi connectivity index (χ0) is 19.3. The number of carbonyl (C=O) groups is 1. The molecular formula is C21H24N4O3. The van der Waals surface area contributed by atoms with Crippen LogP contribution in [0.1, 0.15) is 24.0 Å². The maximum absolute atomic E-state index is 12.0. The van der Waals surface area contributed by atoms with E-state index in [2.05, 4.69) is 21.7 Å². The Kier molecular flexibility index (Phi) is 5.32. The van der Waals surface area contributed by atoms with Crippen LogP contribution < -0.4 is 25.0 Å². The van der Waals surface area contributed by atoms with Gasteiger partial charge < -0.3 is 25.0 Å². The van der Waals surface area contributed by atoms with Crippen molar-refractivity contribution >= 4 is 17.6 Å². The molecule has 2 aliphatic rings. The van der Waals surface area contributed by atoms with Gasteiger partial charge in [-0.15, -0.1) is 0 Å². The summed E-state index contributed by atoms with van der Waals surface area (Å²) in [5.41, 5.74) is 3.15. The van der Waals surface area contributed by atoms with E-state index in [1.807, 2.05) is 41.3 Å². The third kappa shape index (κ3) is 4.03. The summed E-state index contributed by atoms with van der Waals surface area (Å²) in [5, 5.41) is 6.62. The Labute approximate surface area is 164 Å². The fourth-order valence-corrected chi connectivity index (χ4v) is 3.40. The van der Waals surface area contributed by atoms with Crippen LogP contribution >= 0.6 is 0 Å². The van der Waals surface area contributed by atoms with Crippen LogP contribution in [0.5, 0.6) is 11.5 Å². The molecule has 0 radical (unpaired) electrons. The van der Waals surface area contributed by atoms with E-state index in [9.17, 15) is 4.79 Å². The molecule has 7 nitrogen and oxygen atoms in total. The minimum Gasteiger partial charge on any atom is -0.454 e. The highest BCUT2D eigenvalue weighted by Gasteiger charge is 2.21. The van der Waals surface area contributed by atoms with E-state index in [1.165, 1.54) is 0 Å². The fourth-order valence-electron chi connectivity index (χ4n) is 3.40. The summed E-state index contributed by atoms with van der Waals surface area (Å²) in [7, 11) is 1.74. The summed E-state index contributed by atoms with van der Waals surface area (Å²) >= 11 is 0. The lowest BCUT2D eigenvalue weighted by atomic mass is 10.2. The first-order valence-corrected chi connectivity index (χ1v) is 9.45. The normalized spacial score (nSPS) is 15.8. The summed E-state index contributed by atoms with van der Waals surface area (Å²) in [6.07, 6.45) is 1.57. The highest BCUT2D eigenvalue weighted by Crippen LogP contribution is 2.32. The molecule has 2 aromatic carbocycles. The molecule has 1 fully saturated rings. The van der Waals surface area contributed by atoms with Gasteiger partial charge in [-0.3, -0.25) is 9.79 Å². The number of benzene rings is 2. The number of hydrogen-bond donors (Lipinski definition) is 2. The van der Waals surface area contributed by atoms with Crippen molar-refractivity contribution in [3.63, 3.8) is 0 Å². The second-order valence-electron chi connectivity index (χ2n) is 6.79. The molecule has 28 heavy (non-hydrogen) atoms. The van der Waals surface area contributed by atoms with Gasteiger partial charge in [0.15, 0.2) is 17.5 Å². The Morgan fingerprint density at radius 3 is 2.61 bits per heavy atom. The van der Waals surface area contributed by atoms with Crippen molar-refractivity contribution in [2.24, 2.45) is 4.99 Å². The Morgan fingerprint density at radius 2 is 1.86 bits per heavy atom. The van der Waals surface area contributed by atoms with E-state index in [-0.39, 0.29) is 12.7 Å². The number of ether oxygens (including phenoxy) is 2. The van der Waals surface area contributed by atoms with Crippen LogP contribution in [0.2, 0.25) is 0 Å². The van der Waals surface area contributed by atoms with Crippen molar-refractivity contribution in [2.45, 2.75) is 25.9 Å². The molecule has 0 unspecified atom stereocenters. The second-order valence-corrected chi connectivity index (χ2v) is 6.79. The van der Waals surface area contributed by atoms with Crippen LogP contribution in [-0.2, 0) is 17.9 Å². The molecule has 7 heteroatoms. The van der Waals surface area contributed by atoms with Gasteiger partial charge in [-0.25, -0.2) is 0 Å². The lowest BCUT2D eigenvalue weighted by Gasteiger charge is -2.17. The van der Waals surface area contributed by atoms with Crippen LogP contribution in [-0.4, -0.2) is 32.3 Å². The molecule has 0 aromatic heterocycles. The molecular weight excluding hydrogens is 356 g/mol. The summed E-state index contributed by atoms with van der Waals surface area (Å²) < 4.78 is 10.8. The molecule has 0 atom stereocenters. The summed E-state index contributed by atoms with van der Waals surface area (Å²) in [6.45, 7) is 2.32. The topological polar surface area (TPSA) is 75.2 Å². The largest absolute Gasteiger partial charge is 0.454 e. The monoisotopic (exact) mass is 380 g/mol. The number of carbonyl (C=O) groups excluding carboxylic acids is 1. The number of rotatable bonds is 5. The minimum atomic E-state index is 0.200. The Hall–Kier alpha value is -3.22. The van der Waals surface area contributed by atoms with E-state index >= 15 is 0 Å². The average Bonchev–Trinajstić information content (AvgIpc) is 3.36. The van der Waals surface area contributed by atoms with Gasteiger partial charge in [0.1, 0.15) is 0 Å². The third-order valence-electron chi connectivity index (χ3n) is 4.88. The second kappa shape index (κ2) is 8.21. The van der Waals surface area contributed by atoms with Crippen molar-refractivity contribution in [2.75, 3.05) is 25.3 Å². The third-order valence-corrected chi connectivity index (χ3v) is 4.88. The van der Waals surface area contributed by atoms with Crippen molar-refractivity contribution in [1.29, 1.82) is 0 Å². The molecule has 0 spiro atoms. The van der Waals surface area contributed by atoms with Gasteiger partial charge in [0.25, 0.3) is 0 Å². The minimum absolute atomic E-state index is 0.200. The quantitative estimate of drug-likeness (QED) is 0.615. The van der Waals surface area contributed by atoms with E-state index in [0.717, 1.165) is 41.3 Å². The van der Waals surface area contributed by atoms with Crippen molar-refractivity contribution < 1.29 is 14.3 Å². The van der Waals surface area contributed by atoms with Gasteiger partial charge in [0.2, 0.25) is 12.7 Å². The van der Waals surface area contributed by atoms with Crippen LogP contribution in [0.4, 0.5) is 5.69 Å². The molecule has 0 bridgehead atoms. The fraction of sp³-hybridized carbons (Fsp3) is 0.333. The molecule has 146 valence electrons. The van der Waals surface area contributed by atoms with Gasteiger partial charge >= 0.3 is 0 Å². The highest BCUT2D eigenvalue weighted by molar-refractivity contribution is 5.95. The summed E-state index contributed by atoms with van der Waals surface area (Å²) in [4.78, 5) is 18.1. The zero-order valence-electron chi connectivity index (χ0n) is 15.9. The maximum atomic E-state index is 12.0. The number of anilines is 1. The maximum Gasteiger partial charge on any atom is 0.231 e. The van der Waals surface area contributed by atoms with E-state index < -0.39 is 0 Å². The van der Waals surface area contributed by atoms with Crippen LogP contribution in [0.15, 0.2) is 47.5 Å². The molecule has 4 rings (SSSR count). The van der Waals surface area contributed by atoms with Gasteiger partial charge in [0, 0.05) is 38.8 Å². The smallest absolute Gasteiger partial charge is 0.231 e. The molecule has 1 amide bonds. The first-order chi connectivity index (χ1) is 13.7. The van der Waals surface area contributed by atoms with E-state index in [1.54, 1.807) is 7.05 Å². The first-order valence-electron chi connectivity index (χ1n) is 9.45. The Balaban J connectivity index is 1.32. The van der Waals surface area contributed by atoms with Gasteiger partial charge in [0.05, 0.1) is 0 Å². The zero-order valence-corrected chi connectivity index (χ0v) is 15.9. The van der Waals surface area contributed by atoms with Crippen LogP contribution in [0, 0.1) is 0 Å². The standard InChI is InChI=1S/C21H24N4O3/c1-22-21(24-13-16-7-8-18-19(11-16)28-14-27-18)23-12-15-4-2-5-17(10-15)25-9-3-6-20(25)26/h2,4-5,7-8,10-11H,3,6,9,12-14H2,1H3,(H2,22,23,24). The summed E-state index contributed by atoms with van der Waals surface area (Å²) in [5.74, 6) is 2.46. The molecule has 0 saturated carbocycles. The average molecular weight is 380 g/mol. The number of nitrogens with one attached hydrogen (secondary N) is 2. The highest BCUT2D eigenvalue weighted by atomic mass is 16.7. The molecule has 1 saturated heterocycles. The van der Waals surface area contributed by atoms with Crippen LogP contribution in [0.25, 0.3) is 0 Å². The number of hydrogen-bond acceptors (Lipinski definition) is 4. The number of nitrogens with zero attached hydrogens (tertiary/aromatic N) is 2. The molecule has 2 aliphatic heterocycles. The Morgan fingerprint density at radius 1 is 1.07 bits per heavy atom. The van der Waals surface area contributed by atoms with Crippen molar-refractivity contribution in [1.82, 2.24) is 10.6 Å². The van der Waals surface area contributed by atoms with Gasteiger partial charge in [-0.1, -0.05) is 18.2 Å². The van der Waals surface area contributed by atoms with Gasteiger partial charge in [-0.05, 0) is 41.8 Å². The molecule has 2 N–H and O–H groups in total. The lowest BCUT2D eigenvalue weighted by Crippen LogP contribution is -2.36. The lowest BCUT2D eigenvalue weighted by molar-refractivity contribution is -0.117. The predicted octanol–water partition coefficient (Wildman–Crippen LogP) is 2.41. The molecule has 0 aliphatic carbocycles. The van der Waals surface area contributed by atoms with Gasteiger partial charge in [-0.2, -0.15) is 0 Å². The first kappa shape index (κ1) is 18.2. The molecule has 2 heterocycles. The van der Waals surface area contributed by atoms with Crippen LogP contribution in [0.3, 0.4) is 0 Å². The predicted molar refractivity (Wildman–Crippen MR) is 108 cm³/mol. The Bertz CT molecular complexity index is 897. The SMILES string of the molecule is CN=C(NCc1cccc(N2CCCC2=O)c1)NCc1ccc2c(c1)OCO2. The van der Waals surface area contributed by atoms with Crippen molar-refractivity contribution in [3.8, 4) is 11.5 Å². The number of aliphatic imine (C=N–C) groups is 1. The number of amides is 1. The number of fused-ring (bicyclic) bond motifs is 1. The van der Waals surface area contributed by atoms with E-state index in [0.29, 0.717) is 25.5 Å².